The van der Waals surface area contributed by atoms with Crippen LogP contribution in [0, 0.1) is 0 Å². The van der Waals surface area contributed by atoms with Gasteiger partial charge in [0.25, 0.3) is 0 Å². The highest BCUT2D eigenvalue weighted by Crippen LogP contribution is 2.24. The van der Waals surface area contributed by atoms with Gasteiger partial charge in [0.05, 0.1) is 17.6 Å². The zero-order valence-corrected chi connectivity index (χ0v) is 19.9. The Morgan fingerprint density at radius 3 is 2.42 bits per heavy atom. The predicted molar refractivity (Wildman–Crippen MR) is 136 cm³/mol. The second-order valence-electron chi connectivity index (χ2n) is 8.07. The molecule has 0 bridgehead atoms. The van der Waals surface area contributed by atoms with Gasteiger partial charge in [0, 0.05) is 11.3 Å². The molecule has 3 N–H and O–H groups in total. The van der Waals surface area contributed by atoms with E-state index in [0.717, 1.165) is 16.8 Å². The molecule has 0 spiro atoms. The first-order valence-electron chi connectivity index (χ1n) is 11.1. The standard InChI is InChI=1S/C26H26F3N5O2/c1-17(2)23-9-4-5-10-24(23)31-25(35)34-30-16-19-11-13-21(14-12-19)33-32-18(3)20-7-6-8-22(15-20)36-26(27,28)29/h4-17,33H,1-3H3,(H2,31,34,35)/b30-16+,32-18+. The van der Waals surface area contributed by atoms with Crippen LogP contribution in [0.4, 0.5) is 29.3 Å². The molecule has 36 heavy (non-hydrogen) atoms. The zero-order chi connectivity index (χ0) is 26.1. The van der Waals surface area contributed by atoms with Crippen molar-refractivity contribution in [2.45, 2.75) is 33.1 Å². The van der Waals surface area contributed by atoms with Crippen LogP contribution in [0.25, 0.3) is 0 Å². The van der Waals surface area contributed by atoms with Crippen molar-refractivity contribution in [2.24, 2.45) is 10.2 Å². The molecule has 0 aromatic heterocycles. The summed E-state index contributed by atoms with van der Waals surface area (Å²) in [6.45, 7) is 5.76. The lowest BCUT2D eigenvalue weighted by atomic mass is 10.0. The van der Waals surface area contributed by atoms with E-state index >= 15 is 0 Å². The summed E-state index contributed by atoms with van der Waals surface area (Å²) in [4.78, 5) is 12.2. The Balaban J connectivity index is 1.54. The van der Waals surface area contributed by atoms with Gasteiger partial charge in [-0.3, -0.25) is 5.43 Å². The Hall–Kier alpha value is -4.34. The zero-order valence-electron chi connectivity index (χ0n) is 19.9. The minimum Gasteiger partial charge on any atom is -0.406 e. The molecule has 0 fully saturated rings. The Labute approximate surface area is 207 Å². The smallest absolute Gasteiger partial charge is 0.406 e. The Morgan fingerprint density at radius 1 is 1.00 bits per heavy atom. The van der Waals surface area contributed by atoms with Gasteiger partial charge in [-0.05, 0) is 54.3 Å². The minimum atomic E-state index is -4.76. The molecule has 2 amide bonds. The second-order valence-corrected chi connectivity index (χ2v) is 8.07. The fourth-order valence-corrected chi connectivity index (χ4v) is 3.20. The summed E-state index contributed by atoms with van der Waals surface area (Å²) in [5.74, 6) is -0.0524. The van der Waals surface area contributed by atoms with Gasteiger partial charge in [-0.1, -0.05) is 56.3 Å². The van der Waals surface area contributed by atoms with Crippen LogP contribution in [0.15, 0.2) is 83.0 Å². The summed E-state index contributed by atoms with van der Waals surface area (Å²) in [5.41, 5.74) is 9.40. The Bertz CT molecular complexity index is 1240. The molecule has 0 unspecified atom stereocenters. The molecule has 3 rings (SSSR count). The highest BCUT2D eigenvalue weighted by molar-refractivity contribution is 5.99. The third-order valence-electron chi connectivity index (χ3n) is 4.96. The van der Waals surface area contributed by atoms with Gasteiger partial charge < -0.3 is 10.1 Å². The molecule has 7 nitrogen and oxygen atoms in total. The number of hydrazone groups is 2. The van der Waals surface area contributed by atoms with Crippen LogP contribution in [0.2, 0.25) is 0 Å². The number of para-hydroxylation sites is 1. The number of halogens is 3. The van der Waals surface area contributed by atoms with E-state index in [1.807, 2.05) is 38.1 Å². The first-order chi connectivity index (χ1) is 17.1. The number of urea groups is 1. The molecule has 0 radical (unpaired) electrons. The van der Waals surface area contributed by atoms with E-state index in [4.69, 9.17) is 0 Å². The van der Waals surface area contributed by atoms with Crippen molar-refractivity contribution < 1.29 is 22.7 Å². The minimum absolute atomic E-state index is 0.263. The summed E-state index contributed by atoms with van der Waals surface area (Å²) in [6, 6.07) is 19.7. The lowest BCUT2D eigenvalue weighted by Gasteiger charge is -2.12. The summed E-state index contributed by atoms with van der Waals surface area (Å²) >= 11 is 0. The van der Waals surface area contributed by atoms with E-state index in [-0.39, 0.29) is 11.7 Å². The fraction of sp³-hybridized carbons (Fsp3) is 0.192. The van der Waals surface area contributed by atoms with E-state index in [2.05, 4.69) is 31.1 Å². The van der Waals surface area contributed by atoms with Crippen LogP contribution in [0.3, 0.4) is 0 Å². The van der Waals surface area contributed by atoms with Crippen molar-refractivity contribution in [1.82, 2.24) is 5.43 Å². The topological polar surface area (TPSA) is 87.1 Å². The maximum absolute atomic E-state index is 12.4. The number of ether oxygens (including phenoxy) is 1. The molecule has 0 aliphatic heterocycles. The van der Waals surface area contributed by atoms with Gasteiger partial charge in [-0.25, -0.2) is 10.2 Å². The van der Waals surface area contributed by atoms with Gasteiger partial charge >= 0.3 is 12.4 Å². The van der Waals surface area contributed by atoms with Crippen molar-refractivity contribution in [3.63, 3.8) is 0 Å². The lowest BCUT2D eigenvalue weighted by molar-refractivity contribution is -0.274. The third-order valence-corrected chi connectivity index (χ3v) is 4.96. The van der Waals surface area contributed by atoms with Crippen molar-refractivity contribution in [3.8, 4) is 5.75 Å². The average Bonchev–Trinajstić information content (AvgIpc) is 2.82. The maximum Gasteiger partial charge on any atom is 0.573 e. The molecular weight excluding hydrogens is 471 g/mol. The molecule has 188 valence electrons. The molecule has 10 heteroatoms. The number of nitrogens with zero attached hydrogens (tertiary/aromatic N) is 2. The summed E-state index contributed by atoms with van der Waals surface area (Å²) in [7, 11) is 0. The van der Waals surface area contributed by atoms with Crippen molar-refractivity contribution >= 4 is 29.3 Å². The van der Waals surface area contributed by atoms with Gasteiger partial charge in [0.2, 0.25) is 0 Å². The number of benzene rings is 3. The monoisotopic (exact) mass is 497 g/mol. The lowest BCUT2D eigenvalue weighted by Crippen LogP contribution is -2.24. The van der Waals surface area contributed by atoms with E-state index < -0.39 is 12.4 Å². The van der Waals surface area contributed by atoms with Gasteiger partial charge in [0.15, 0.2) is 0 Å². The van der Waals surface area contributed by atoms with Crippen LogP contribution in [0.1, 0.15) is 43.4 Å². The third kappa shape index (κ3) is 8.15. The number of hydrogen-bond donors (Lipinski definition) is 3. The molecule has 0 aliphatic rings. The van der Waals surface area contributed by atoms with Crippen LogP contribution >= 0.6 is 0 Å². The Kier molecular flexibility index (Phi) is 8.66. The second kappa shape index (κ2) is 11.9. The number of carbonyl (C=O) groups excluding carboxylic acids is 1. The summed E-state index contributed by atoms with van der Waals surface area (Å²) < 4.78 is 41.2. The first kappa shape index (κ1) is 26.3. The fourth-order valence-electron chi connectivity index (χ4n) is 3.20. The molecule has 0 saturated carbocycles. The SMILES string of the molecule is C/C(=N\Nc1ccc(/C=N/NC(=O)Nc2ccccc2C(C)C)cc1)c1cccc(OC(F)(F)F)c1. The summed E-state index contributed by atoms with van der Waals surface area (Å²) in [5, 5.41) is 11.0. The molecule has 3 aromatic rings. The van der Waals surface area contributed by atoms with Gasteiger partial charge in [-0.15, -0.1) is 13.2 Å². The van der Waals surface area contributed by atoms with E-state index in [9.17, 15) is 18.0 Å². The molecule has 0 heterocycles. The molecule has 0 atom stereocenters. The number of carbonyl (C=O) groups is 1. The molecule has 0 aliphatic carbocycles. The van der Waals surface area contributed by atoms with Crippen molar-refractivity contribution in [2.75, 3.05) is 10.7 Å². The molecular formula is C26H26F3N5O2. The van der Waals surface area contributed by atoms with Gasteiger partial charge in [0.1, 0.15) is 5.75 Å². The highest BCUT2D eigenvalue weighted by atomic mass is 19.4. The number of nitrogens with one attached hydrogen (secondary N) is 3. The van der Waals surface area contributed by atoms with Crippen molar-refractivity contribution in [3.05, 3.63) is 89.5 Å². The number of anilines is 2. The van der Waals surface area contributed by atoms with Crippen LogP contribution in [0.5, 0.6) is 5.75 Å². The average molecular weight is 498 g/mol. The van der Waals surface area contributed by atoms with E-state index in [1.165, 1.54) is 24.4 Å². The van der Waals surface area contributed by atoms with Crippen LogP contribution in [-0.4, -0.2) is 24.3 Å². The van der Waals surface area contributed by atoms with E-state index in [1.54, 1.807) is 37.3 Å². The molecule has 3 aromatic carbocycles. The predicted octanol–water partition coefficient (Wildman–Crippen LogP) is 6.70. The first-order valence-corrected chi connectivity index (χ1v) is 11.1. The number of amides is 2. The largest absolute Gasteiger partial charge is 0.573 e. The Morgan fingerprint density at radius 2 is 1.72 bits per heavy atom. The summed E-state index contributed by atoms with van der Waals surface area (Å²) in [6.07, 6.45) is -3.26. The van der Waals surface area contributed by atoms with Crippen molar-refractivity contribution in [1.29, 1.82) is 0 Å². The normalized spacial score (nSPS) is 12.0. The maximum atomic E-state index is 12.4. The quantitative estimate of drug-likeness (QED) is 0.239. The number of rotatable bonds is 8. The van der Waals surface area contributed by atoms with Gasteiger partial charge in [-0.2, -0.15) is 10.2 Å². The highest BCUT2D eigenvalue weighted by Gasteiger charge is 2.31. The molecule has 0 saturated heterocycles. The van der Waals surface area contributed by atoms with E-state index in [0.29, 0.717) is 17.0 Å². The van der Waals surface area contributed by atoms with Crippen LogP contribution < -0.4 is 20.9 Å². The number of alkyl halides is 3. The number of hydrogen-bond acceptors (Lipinski definition) is 5. The van der Waals surface area contributed by atoms with Crippen LogP contribution in [-0.2, 0) is 0 Å².